The first-order valence-electron chi connectivity index (χ1n) is 14.1. The standard InChI is InChI=1S/C35H34F2N2O3/c1-35(36,37)27-14-12-24(13-15-27)30-10-6-7-11-31(30)33(40)38-28-16-18-29(19-17-28)39-22-20-26(21-23-39)32(34(41)42-2)25-8-4-3-5-9-25/h3-19,26,32H,20-23H2,1-2H3,(H,38,40). The van der Waals surface area contributed by atoms with E-state index in [1.165, 1.54) is 19.2 Å². The van der Waals surface area contributed by atoms with Gasteiger partial charge >= 0.3 is 5.97 Å². The molecule has 1 atom stereocenters. The number of anilines is 2. The molecule has 1 aliphatic heterocycles. The first-order valence-corrected chi connectivity index (χ1v) is 14.1. The molecule has 4 aromatic carbocycles. The lowest BCUT2D eigenvalue weighted by molar-refractivity contribution is -0.144. The van der Waals surface area contributed by atoms with Gasteiger partial charge in [0.05, 0.1) is 13.0 Å². The molecule has 1 aliphatic rings. The SMILES string of the molecule is COC(=O)C(c1ccccc1)C1CCN(c2ccc(NC(=O)c3ccccc3-c3ccc(C(C)(F)F)cc3)cc2)CC1. The highest BCUT2D eigenvalue weighted by atomic mass is 19.3. The smallest absolute Gasteiger partial charge is 0.313 e. The van der Waals surface area contributed by atoms with Crippen LogP contribution in [0.5, 0.6) is 0 Å². The summed E-state index contributed by atoms with van der Waals surface area (Å²) in [5.41, 5.74) is 4.44. The lowest BCUT2D eigenvalue weighted by atomic mass is 9.80. The Morgan fingerprint density at radius 3 is 2.10 bits per heavy atom. The van der Waals surface area contributed by atoms with E-state index >= 15 is 0 Å². The fourth-order valence-corrected chi connectivity index (χ4v) is 5.71. The molecule has 0 aliphatic carbocycles. The van der Waals surface area contributed by atoms with Gasteiger partial charge in [-0.2, -0.15) is 0 Å². The lowest BCUT2D eigenvalue weighted by Crippen LogP contribution is -2.37. The van der Waals surface area contributed by atoms with Crippen LogP contribution in [-0.2, 0) is 15.5 Å². The van der Waals surface area contributed by atoms with Gasteiger partial charge in [0.1, 0.15) is 0 Å². The van der Waals surface area contributed by atoms with Crippen LogP contribution in [0.1, 0.15) is 47.2 Å². The molecule has 216 valence electrons. The van der Waals surface area contributed by atoms with Crippen LogP contribution in [0.25, 0.3) is 11.1 Å². The monoisotopic (exact) mass is 568 g/mol. The van der Waals surface area contributed by atoms with Crippen LogP contribution in [0.3, 0.4) is 0 Å². The van der Waals surface area contributed by atoms with Gasteiger partial charge < -0.3 is 15.0 Å². The van der Waals surface area contributed by atoms with Crippen molar-refractivity contribution in [2.45, 2.75) is 31.6 Å². The van der Waals surface area contributed by atoms with Crippen molar-refractivity contribution < 1.29 is 23.1 Å². The molecule has 0 spiro atoms. The van der Waals surface area contributed by atoms with Crippen LogP contribution >= 0.6 is 0 Å². The van der Waals surface area contributed by atoms with Gasteiger partial charge in [0.15, 0.2) is 0 Å². The van der Waals surface area contributed by atoms with Crippen molar-refractivity contribution in [3.63, 3.8) is 0 Å². The number of alkyl halides is 2. The van der Waals surface area contributed by atoms with Gasteiger partial charge in [-0.05, 0) is 65.8 Å². The molecule has 1 saturated heterocycles. The zero-order valence-corrected chi connectivity index (χ0v) is 23.7. The number of amides is 1. The Kier molecular flexibility index (Phi) is 8.67. The van der Waals surface area contributed by atoms with Crippen LogP contribution in [-0.4, -0.2) is 32.1 Å². The molecule has 5 rings (SSSR count). The number of hydrogen-bond donors (Lipinski definition) is 1. The van der Waals surface area contributed by atoms with Crippen LogP contribution < -0.4 is 10.2 Å². The third kappa shape index (κ3) is 6.51. The maximum Gasteiger partial charge on any atom is 0.313 e. The van der Waals surface area contributed by atoms with E-state index < -0.39 is 5.92 Å². The highest BCUT2D eigenvalue weighted by Gasteiger charge is 2.33. The van der Waals surface area contributed by atoms with Crippen molar-refractivity contribution in [2.75, 3.05) is 30.4 Å². The molecule has 1 N–H and O–H groups in total. The second-order valence-corrected chi connectivity index (χ2v) is 10.7. The van der Waals surface area contributed by atoms with Crippen molar-refractivity contribution in [1.29, 1.82) is 0 Å². The number of ether oxygens (including phenoxy) is 1. The van der Waals surface area contributed by atoms with Gasteiger partial charge in [-0.15, -0.1) is 0 Å². The molecular weight excluding hydrogens is 534 g/mol. The minimum absolute atomic E-state index is 0.0722. The predicted octanol–water partition coefficient (Wildman–Crippen LogP) is 7.89. The third-order valence-corrected chi connectivity index (χ3v) is 7.99. The summed E-state index contributed by atoms with van der Waals surface area (Å²) in [6.07, 6.45) is 1.72. The summed E-state index contributed by atoms with van der Waals surface area (Å²) in [4.78, 5) is 28.2. The number of piperidine rings is 1. The highest BCUT2D eigenvalue weighted by Crippen LogP contribution is 2.36. The van der Waals surface area contributed by atoms with E-state index in [1.54, 1.807) is 24.3 Å². The Morgan fingerprint density at radius 1 is 0.857 bits per heavy atom. The molecule has 0 radical (unpaired) electrons. The normalized spacial score (nSPS) is 14.7. The van der Waals surface area contributed by atoms with E-state index in [4.69, 9.17) is 4.74 Å². The minimum Gasteiger partial charge on any atom is -0.469 e. The zero-order valence-electron chi connectivity index (χ0n) is 23.7. The Hall–Kier alpha value is -4.52. The van der Waals surface area contributed by atoms with E-state index in [9.17, 15) is 18.4 Å². The summed E-state index contributed by atoms with van der Waals surface area (Å²) < 4.78 is 32.5. The average Bonchev–Trinajstić information content (AvgIpc) is 3.02. The van der Waals surface area contributed by atoms with Crippen molar-refractivity contribution >= 4 is 23.3 Å². The number of rotatable bonds is 8. The molecule has 1 amide bonds. The molecular formula is C35H34F2N2O3. The lowest BCUT2D eigenvalue weighted by Gasteiger charge is -2.36. The van der Waals surface area contributed by atoms with Crippen LogP contribution in [0.4, 0.5) is 20.2 Å². The molecule has 1 unspecified atom stereocenters. The second-order valence-electron chi connectivity index (χ2n) is 10.7. The van der Waals surface area contributed by atoms with Gasteiger partial charge in [-0.25, -0.2) is 8.78 Å². The van der Waals surface area contributed by atoms with Gasteiger partial charge in [0.2, 0.25) is 0 Å². The molecule has 7 heteroatoms. The van der Waals surface area contributed by atoms with Crippen molar-refractivity contribution in [3.05, 3.63) is 120 Å². The molecule has 42 heavy (non-hydrogen) atoms. The van der Waals surface area contributed by atoms with E-state index in [0.29, 0.717) is 22.4 Å². The van der Waals surface area contributed by atoms with E-state index in [0.717, 1.165) is 44.1 Å². The summed E-state index contributed by atoms with van der Waals surface area (Å²) in [5.74, 6) is -3.47. The van der Waals surface area contributed by atoms with Gasteiger partial charge in [-0.3, -0.25) is 9.59 Å². The average molecular weight is 569 g/mol. The number of carbonyl (C=O) groups excluding carboxylic acids is 2. The zero-order chi connectivity index (χ0) is 29.7. The maximum absolute atomic E-state index is 13.7. The number of nitrogens with zero attached hydrogens (tertiary/aromatic N) is 1. The second kappa shape index (κ2) is 12.6. The van der Waals surface area contributed by atoms with Crippen LogP contribution in [0, 0.1) is 5.92 Å². The predicted molar refractivity (Wildman–Crippen MR) is 162 cm³/mol. The Labute approximate surface area is 245 Å². The number of esters is 1. The Morgan fingerprint density at radius 2 is 1.48 bits per heavy atom. The number of halogens is 2. The van der Waals surface area contributed by atoms with Crippen LogP contribution in [0.2, 0.25) is 0 Å². The Balaban J connectivity index is 1.23. The number of hydrogen-bond acceptors (Lipinski definition) is 4. The topological polar surface area (TPSA) is 58.6 Å². The summed E-state index contributed by atoms with van der Waals surface area (Å²) in [5, 5.41) is 2.96. The summed E-state index contributed by atoms with van der Waals surface area (Å²) in [6, 6.07) is 30.7. The van der Waals surface area contributed by atoms with Gasteiger partial charge in [0, 0.05) is 42.5 Å². The summed E-state index contributed by atoms with van der Waals surface area (Å²) >= 11 is 0. The van der Waals surface area contributed by atoms with E-state index in [-0.39, 0.29) is 29.3 Å². The first-order chi connectivity index (χ1) is 20.2. The van der Waals surface area contributed by atoms with Crippen LogP contribution in [0.15, 0.2) is 103 Å². The summed E-state index contributed by atoms with van der Waals surface area (Å²) in [7, 11) is 1.44. The fraction of sp³-hybridized carbons (Fsp3) is 0.257. The summed E-state index contributed by atoms with van der Waals surface area (Å²) in [6.45, 7) is 2.49. The largest absolute Gasteiger partial charge is 0.469 e. The van der Waals surface area contributed by atoms with Gasteiger partial charge in [-0.1, -0.05) is 72.8 Å². The molecule has 0 aromatic heterocycles. The van der Waals surface area contributed by atoms with Crippen molar-refractivity contribution in [2.24, 2.45) is 5.92 Å². The van der Waals surface area contributed by atoms with Gasteiger partial charge in [0.25, 0.3) is 11.8 Å². The molecule has 1 fully saturated rings. The van der Waals surface area contributed by atoms with Crippen molar-refractivity contribution in [3.8, 4) is 11.1 Å². The number of nitrogens with one attached hydrogen (secondary N) is 1. The van der Waals surface area contributed by atoms with E-state index in [1.807, 2.05) is 66.7 Å². The minimum atomic E-state index is -2.93. The molecule has 0 bridgehead atoms. The quantitative estimate of drug-likeness (QED) is 0.220. The van der Waals surface area contributed by atoms with Crippen molar-refractivity contribution in [1.82, 2.24) is 0 Å². The highest BCUT2D eigenvalue weighted by molar-refractivity contribution is 6.08. The maximum atomic E-state index is 13.7. The third-order valence-electron chi connectivity index (χ3n) is 7.99. The molecule has 0 saturated carbocycles. The molecule has 4 aromatic rings. The first kappa shape index (κ1) is 29.0. The molecule has 5 nitrogen and oxygen atoms in total. The number of methoxy groups -OCH3 is 1. The van der Waals surface area contributed by atoms with E-state index in [2.05, 4.69) is 10.2 Å². The number of benzene rings is 4. The fourth-order valence-electron chi connectivity index (χ4n) is 5.71. The molecule has 1 heterocycles. The Bertz CT molecular complexity index is 1510. The number of carbonyl (C=O) groups is 2.